The molecule has 0 aromatic rings. The van der Waals surface area contributed by atoms with Crippen LogP contribution >= 0.6 is 0 Å². The van der Waals surface area contributed by atoms with E-state index in [-0.39, 0.29) is 18.0 Å². The number of amides is 1. The normalized spacial score (nSPS) is 36.0. The molecule has 4 heteroatoms. The minimum Gasteiger partial charge on any atom is -0.379 e. The van der Waals surface area contributed by atoms with Gasteiger partial charge < -0.3 is 15.8 Å². The maximum absolute atomic E-state index is 12.0. The van der Waals surface area contributed by atoms with Crippen molar-refractivity contribution in [3.05, 3.63) is 12.2 Å². The lowest BCUT2D eigenvalue weighted by atomic mass is 9.84. The highest BCUT2D eigenvalue weighted by atomic mass is 16.5. The van der Waals surface area contributed by atoms with Crippen LogP contribution in [0.4, 0.5) is 0 Å². The number of nitrogens with one attached hydrogen (secondary N) is 1. The van der Waals surface area contributed by atoms with E-state index in [1.54, 1.807) is 0 Å². The summed E-state index contributed by atoms with van der Waals surface area (Å²) in [6.07, 6.45) is 6.05. The molecule has 0 aromatic heterocycles. The van der Waals surface area contributed by atoms with Crippen LogP contribution in [0.1, 0.15) is 19.8 Å². The zero-order chi connectivity index (χ0) is 10.9. The monoisotopic (exact) mass is 210 g/mol. The van der Waals surface area contributed by atoms with E-state index in [4.69, 9.17) is 10.5 Å². The average molecular weight is 210 g/mol. The Labute approximate surface area is 89.9 Å². The molecule has 1 fully saturated rings. The van der Waals surface area contributed by atoms with Gasteiger partial charge in [-0.1, -0.05) is 12.2 Å². The summed E-state index contributed by atoms with van der Waals surface area (Å²) in [6.45, 7) is 2.79. The molecule has 15 heavy (non-hydrogen) atoms. The van der Waals surface area contributed by atoms with Gasteiger partial charge in [0.25, 0.3) is 0 Å². The first-order valence-corrected chi connectivity index (χ1v) is 5.42. The van der Waals surface area contributed by atoms with Gasteiger partial charge in [-0.3, -0.25) is 4.79 Å². The summed E-state index contributed by atoms with van der Waals surface area (Å²) in [5, 5.41) is 3.03. The number of carbonyl (C=O) groups is 1. The van der Waals surface area contributed by atoms with Crippen molar-refractivity contribution >= 4 is 5.91 Å². The smallest absolute Gasteiger partial charge is 0.230 e. The predicted molar refractivity (Wildman–Crippen MR) is 57.2 cm³/mol. The second kappa shape index (κ2) is 3.94. The molecule has 1 aliphatic heterocycles. The molecule has 0 spiro atoms. The third-order valence-electron chi connectivity index (χ3n) is 3.38. The molecule has 3 N–H and O–H groups in total. The number of ether oxygens (including phenoxy) is 1. The van der Waals surface area contributed by atoms with Crippen LogP contribution in [0, 0.1) is 5.41 Å². The van der Waals surface area contributed by atoms with Crippen molar-refractivity contribution in [3.63, 3.8) is 0 Å². The molecule has 1 amide bonds. The molecule has 1 saturated heterocycles. The Morgan fingerprint density at radius 1 is 1.53 bits per heavy atom. The number of nitrogens with two attached hydrogens (primary N) is 1. The van der Waals surface area contributed by atoms with Gasteiger partial charge in [-0.05, 0) is 19.8 Å². The summed E-state index contributed by atoms with van der Waals surface area (Å²) in [5.41, 5.74) is 5.33. The topological polar surface area (TPSA) is 64.3 Å². The lowest BCUT2D eigenvalue weighted by molar-refractivity contribution is -0.131. The summed E-state index contributed by atoms with van der Waals surface area (Å²) in [7, 11) is 0. The molecule has 1 heterocycles. The second-order valence-corrected chi connectivity index (χ2v) is 4.65. The Hall–Kier alpha value is -0.870. The maximum Gasteiger partial charge on any atom is 0.230 e. The Balaban J connectivity index is 1.94. The number of carbonyl (C=O) groups excluding carboxylic acids is 1. The summed E-state index contributed by atoms with van der Waals surface area (Å²) < 4.78 is 5.26. The first kappa shape index (κ1) is 10.6. The van der Waals surface area contributed by atoms with Gasteiger partial charge in [0.2, 0.25) is 5.91 Å². The molecule has 2 unspecified atom stereocenters. The Morgan fingerprint density at radius 3 is 2.73 bits per heavy atom. The molecule has 0 bridgehead atoms. The average Bonchev–Trinajstić information content (AvgIpc) is 2.79. The Morgan fingerprint density at radius 2 is 2.20 bits per heavy atom. The first-order valence-electron chi connectivity index (χ1n) is 5.42. The SMILES string of the molecule is CC1(C(=O)NC2CC=CC2)COCC1N. The minimum atomic E-state index is -0.553. The third-order valence-corrected chi connectivity index (χ3v) is 3.38. The van der Waals surface area contributed by atoms with E-state index >= 15 is 0 Å². The van der Waals surface area contributed by atoms with Crippen LogP contribution in [0.25, 0.3) is 0 Å². The standard InChI is InChI=1S/C11H18N2O2/c1-11(7-15-6-9(11)12)10(14)13-8-4-2-3-5-8/h2-3,8-9H,4-7,12H2,1H3,(H,13,14). The van der Waals surface area contributed by atoms with E-state index in [0.717, 1.165) is 12.8 Å². The third kappa shape index (κ3) is 1.92. The molecular formula is C11H18N2O2. The van der Waals surface area contributed by atoms with Crippen LogP contribution in [-0.4, -0.2) is 31.2 Å². The maximum atomic E-state index is 12.0. The van der Waals surface area contributed by atoms with Crippen molar-refractivity contribution < 1.29 is 9.53 Å². The van der Waals surface area contributed by atoms with Crippen LogP contribution in [0.5, 0.6) is 0 Å². The molecule has 0 saturated carbocycles. The summed E-state index contributed by atoms with van der Waals surface area (Å²) in [5.74, 6) is 0.0289. The number of rotatable bonds is 2. The lowest BCUT2D eigenvalue weighted by Crippen LogP contribution is -2.52. The van der Waals surface area contributed by atoms with E-state index in [1.807, 2.05) is 6.92 Å². The van der Waals surface area contributed by atoms with Crippen molar-refractivity contribution in [2.24, 2.45) is 11.1 Å². The van der Waals surface area contributed by atoms with Gasteiger partial charge in [0.1, 0.15) is 0 Å². The van der Waals surface area contributed by atoms with Gasteiger partial charge in [-0.25, -0.2) is 0 Å². The van der Waals surface area contributed by atoms with Crippen molar-refractivity contribution in [1.29, 1.82) is 0 Å². The predicted octanol–water partition coefficient (Wildman–Crippen LogP) is 0.185. The van der Waals surface area contributed by atoms with Gasteiger partial charge >= 0.3 is 0 Å². The zero-order valence-corrected chi connectivity index (χ0v) is 9.03. The van der Waals surface area contributed by atoms with Gasteiger partial charge in [0.05, 0.1) is 18.6 Å². The van der Waals surface area contributed by atoms with Crippen molar-refractivity contribution in [1.82, 2.24) is 5.32 Å². The van der Waals surface area contributed by atoms with E-state index < -0.39 is 5.41 Å². The van der Waals surface area contributed by atoms with E-state index in [2.05, 4.69) is 17.5 Å². The van der Waals surface area contributed by atoms with Crippen LogP contribution in [0.2, 0.25) is 0 Å². The number of hydrogen-bond donors (Lipinski definition) is 2. The molecule has 1 aliphatic carbocycles. The summed E-state index contributed by atoms with van der Waals surface area (Å²) in [4.78, 5) is 12.0. The van der Waals surface area contributed by atoms with Gasteiger partial charge in [-0.15, -0.1) is 0 Å². The molecule has 2 aliphatic rings. The molecule has 0 aromatic carbocycles. The van der Waals surface area contributed by atoms with Crippen LogP contribution in [0.3, 0.4) is 0 Å². The number of hydrogen-bond acceptors (Lipinski definition) is 3. The summed E-state index contributed by atoms with van der Waals surface area (Å²) >= 11 is 0. The van der Waals surface area contributed by atoms with Gasteiger partial charge in [-0.2, -0.15) is 0 Å². The largest absolute Gasteiger partial charge is 0.379 e. The summed E-state index contributed by atoms with van der Waals surface area (Å²) in [6, 6.07) is 0.0639. The quantitative estimate of drug-likeness (QED) is 0.639. The molecule has 4 nitrogen and oxygen atoms in total. The highest BCUT2D eigenvalue weighted by Gasteiger charge is 2.44. The van der Waals surface area contributed by atoms with Crippen molar-refractivity contribution in [3.8, 4) is 0 Å². The van der Waals surface area contributed by atoms with Crippen LogP contribution < -0.4 is 11.1 Å². The van der Waals surface area contributed by atoms with Gasteiger partial charge in [0.15, 0.2) is 0 Å². The van der Waals surface area contributed by atoms with E-state index in [0.29, 0.717) is 13.2 Å². The minimum absolute atomic E-state index is 0.0289. The molecular weight excluding hydrogens is 192 g/mol. The second-order valence-electron chi connectivity index (χ2n) is 4.65. The van der Waals surface area contributed by atoms with Crippen LogP contribution in [0.15, 0.2) is 12.2 Å². The Bertz CT molecular complexity index is 282. The van der Waals surface area contributed by atoms with E-state index in [9.17, 15) is 4.79 Å². The lowest BCUT2D eigenvalue weighted by Gasteiger charge is -2.27. The molecule has 84 valence electrons. The fourth-order valence-corrected chi connectivity index (χ4v) is 2.01. The zero-order valence-electron chi connectivity index (χ0n) is 9.03. The van der Waals surface area contributed by atoms with Crippen LogP contribution in [-0.2, 0) is 9.53 Å². The van der Waals surface area contributed by atoms with E-state index in [1.165, 1.54) is 0 Å². The Kier molecular flexibility index (Phi) is 2.80. The molecule has 2 rings (SSSR count). The van der Waals surface area contributed by atoms with Gasteiger partial charge in [0, 0.05) is 12.1 Å². The fourth-order valence-electron chi connectivity index (χ4n) is 2.01. The highest BCUT2D eigenvalue weighted by molar-refractivity contribution is 5.84. The highest BCUT2D eigenvalue weighted by Crippen LogP contribution is 2.27. The first-order chi connectivity index (χ1) is 7.13. The van der Waals surface area contributed by atoms with Crippen molar-refractivity contribution in [2.75, 3.05) is 13.2 Å². The van der Waals surface area contributed by atoms with Crippen molar-refractivity contribution in [2.45, 2.75) is 31.8 Å². The fraction of sp³-hybridized carbons (Fsp3) is 0.727. The molecule has 2 atom stereocenters. The molecule has 0 radical (unpaired) electrons.